The Hall–Kier alpha value is -5.48. The van der Waals surface area contributed by atoms with Crippen LogP contribution < -0.4 is 19.5 Å². The molecule has 2 N–H and O–H groups in total. The quantitative estimate of drug-likeness (QED) is 0.154. The van der Waals surface area contributed by atoms with Crippen LogP contribution in [0.5, 0.6) is 17.2 Å². The van der Waals surface area contributed by atoms with Crippen LogP contribution in [0.3, 0.4) is 0 Å². The molecule has 0 saturated heterocycles. The van der Waals surface area contributed by atoms with Crippen LogP contribution >= 0.6 is 0 Å². The maximum absolute atomic E-state index is 14.1. The molecule has 49 heavy (non-hydrogen) atoms. The highest BCUT2D eigenvalue weighted by atomic mass is 19.4. The van der Waals surface area contributed by atoms with Gasteiger partial charge in [-0.2, -0.15) is 13.2 Å². The molecule has 4 rings (SSSR count). The fourth-order valence-electron chi connectivity index (χ4n) is 4.82. The number of rotatable bonds is 11. The topological polar surface area (TPSA) is 94.1 Å². The number of aliphatic carboxylic acids is 1. The molecule has 0 aromatic heterocycles. The molecule has 4 aromatic rings. The number of carbonyl (C=O) groups excluding carboxylic acids is 1. The molecular weight excluding hydrogens is 684 g/mol. The van der Waals surface area contributed by atoms with E-state index in [4.69, 9.17) is 9.84 Å². The monoisotopic (exact) mass is 705 g/mol. The van der Waals surface area contributed by atoms with Crippen LogP contribution in [-0.4, -0.2) is 36.3 Å². The van der Waals surface area contributed by atoms with Gasteiger partial charge >= 0.3 is 24.9 Å². The van der Waals surface area contributed by atoms with Gasteiger partial charge in [0.05, 0.1) is 11.1 Å². The van der Waals surface area contributed by atoms with Crippen molar-refractivity contribution in [2.75, 3.05) is 6.61 Å². The highest BCUT2D eigenvalue weighted by molar-refractivity contribution is 5.95. The Bertz CT molecular complexity index is 1760. The van der Waals surface area contributed by atoms with Crippen molar-refractivity contribution in [2.24, 2.45) is 0 Å². The molecule has 0 heterocycles. The van der Waals surface area contributed by atoms with Crippen LogP contribution in [0.1, 0.15) is 32.6 Å². The number of amides is 1. The van der Waals surface area contributed by atoms with Gasteiger partial charge in [0.1, 0.15) is 23.1 Å². The lowest BCUT2D eigenvalue weighted by atomic mass is 9.77. The summed E-state index contributed by atoms with van der Waals surface area (Å²) in [6.07, 6.45) is -16.2. The molecule has 4 aromatic carbocycles. The standard InChI is InChI=1S/C32H21F10NO6/c33-26-11-10-19(13-25(26)30(34,35)36)28(46)43-29(20-5-2-8-23(14-20)48-31(37,38)39,21-6-3-9-24(15-21)49-32(40,41)42)16-18-4-1-7-22(12-18)47-17-27(44)45/h1-15H,16-17H2,(H,43,46)(H,44,45). The molecular formula is C32H21F10NO6. The van der Waals surface area contributed by atoms with Crippen LogP contribution in [0.15, 0.2) is 91.0 Å². The zero-order valence-electron chi connectivity index (χ0n) is 24.3. The maximum atomic E-state index is 14.1. The normalized spacial score (nSPS) is 12.3. The third-order valence-corrected chi connectivity index (χ3v) is 6.71. The molecule has 1 amide bonds. The number of carbonyl (C=O) groups is 2. The summed E-state index contributed by atoms with van der Waals surface area (Å²) >= 11 is 0. The SMILES string of the molecule is O=C(O)COc1cccc(CC(NC(=O)c2ccc(F)c(C(F)(F)F)c2)(c2cccc(OC(F)(F)F)c2)c2cccc(OC(F)(F)F)c2)c1. The van der Waals surface area contributed by atoms with Crippen molar-refractivity contribution in [3.8, 4) is 17.2 Å². The summed E-state index contributed by atoms with van der Waals surface area (Å²) in [5.74, 6) is -6.16. The summed E-state index contributed by atoms with van der Waals surface area (Å²) in [6.45, 7) is -0.801. The third-order valence-electron chi connectivity index (χ3n) is 6.71. The number of benzene rings is 4. The van der Waals surface area contributed by atoms with E-state index in [2.05, 4.69) is 14.8 Å². The van der Waals surface area contributed by atoms with E-state index in [0.29, 0.717) is 12.1 Å². The van der Waals surface area contributed by atoms with Gasteiger partial charge in [-0.3, -0.25) is 4.79 Å². The van der Waals surface area contributed by atoms with Crippen molar-refractivity contribution in [3.63, 3.8) is 0 Å². The van der Waals surface area contributed by atoms with Crippen LogP contribution in [0.2, 0.25) is 0 Å². The van der Waals surface area contributed by atoms with Crippen LogP contribution in [0.25, 0.3) is 0 Å². The number of alkyl halides is 9. The first kappa shape index (κ1) is 36.4. The minimum atomic E-state index is -5.25. The van der Waals surface area contributed by atoms with E-state index < -0.39 is 77.8 Å². The first-order valence-electron chi connectivity index (χ1n) is 13.6. The van der Waals surface area contributed by atoms with Crippen LogP contribution in [0, 0.1) is 5.82 Å². The second-order valence-electron chi connectivity index (χ2n) is 10.2. The summed E-state index contributed by atoms with van der Waals surface area (Å²) in [6, 6.07) is 14.4. The summed E-state index contributed by atoms with van der Waals surface area (Å²) < 4.78 is 147. The number of nitrogens with one attached hydrogen (secondary N) is 1. The Morgan fingerprint density at radius 1 is 0.673 bits per heavy atom. The van der Waals surface area contributed by atoms with E-state index >= 15 is 0 Å². The number of carboxylic acids is 1. The molecule has 0 fully saturated rings. The average molecular weight is 706 g/mol. The fourth-order valence-corrected chi connectivity index (χ4v) is 4.82. The largest absolute Gasteiger partial charge is 0.573 e. The molecule has 0 radical (unpaired) electrons. The predicted molar refractivity (Wildman–Crippen MR) is 149 cm³/mol. The number of hydrogen-bond acceptors (Lipinski definition) is 5. The molecule has 0 saturated carbocycles. The van der Waals surface area contributed by atoms with Gasteiger partial charge in [0.15, 0.2) is 6.61 Å². The molecule has 0 aliphatic rings. The number of halogens is 10. The summed E-state index contributed by atoms with van der Waals surface area (Å²) in [4.78, 5) is 24.8. The molecule has 0 aliphatic heterocycles. The van der Waals surface area contributed by atoms with Crippen LogP contribution in [-0.2, 0) is 22.9 Å². The Labute approximate surface area is 269 Å². The average Bonchev–Trinajstić information content (AvgIpc) is 2.98. The van der Waals surface area contributed by atoms with Crippen LogP contribution in [0.4, 0.5) is 43.9 Å². The molecule has 0 unspecified atom stereocenters. The molecule has 0 aliphatic carbocycles. The van der Waals surface area contributed by atoms with E-state index in [9.17, 15) is 53.5 Å². The molecule has 260 valence electrons. The zero-order valence-corrected chi connectivity index (χ0v) is 24.3. The van der Waals surface area contributed by atoms with Crippen molar-refractivity contribution in [2.45, 2.75) is 30.9 Å². The first-order valence-corrected chi connectivity index (χ1v) is 13.6. The Balaban J connectivity index is 1.98. The van der Waals surface area contributed by atoms with E-state index in [1.54, 1.807) is 0 Å². The van der Waals surface area contributed by atoms with E-state index in [0.717, 1.165) is 48.5 Å². The van der Waals surface area contributed by atoms with E-state index in [1.165, 1.54) is 24.3 Å². The van der Waals surface area contributed by atoms with Crippen molar-refractivity contribution >= 4 is 11.9 Å². The van der Waals surface area contributed by atoms with Crippen molar-refractivity contribution in [1.82, 2.24) is 5.32 Å². The van der Waals surface area contributed by atoms with Gasteiger partial charge in [-0.05, 0) is 71.3 Å². The molecule has 0 spiro atoms. The van der Waals surface area contributed by atoms with Crippen molar-refractivity contribution < 1.29 is 72.8 Å². The highest BCUT2D eigenvalue weighted by Crippen LogP contribution is 2.39. The molecule has 0 bridgehead atoms. The zero-order chi connectivity index (χ0) is 36.2. The summed E-state index contributed by atoms with van der Waals surface area (Å²) in [5, 5.41) is 11.4. The Morgan fingerprint density at radius 2 is 1.20 bits per heavy atom. The number of carboxylic acid groups (broad SMARTS) is 1. The van der Waals surface area contributed by atoms with Gasteiger partial charge < -0.3 is 24.6 Å². The van der Waals surface area contributed by atoms with E-state index in [1.807, 2.05) is 0 Å². The molecule has 17 heteroatoms. The van der Waals surface area contributed by atoms with E-state index in [-0.39, 0.29) is 28.5 Å². The second-order valence-corrected chi connectivity index (χ2v) is 10.2. The number of ether oxygens (including phenoxy) is 3. The lowest BCUT2D eigenvalue weighted by Gasteiger charge is -2.37. The van der Waals surface area contributed by atoms with Gasteiger partial charge in [-0.1, -0.05) is 36.4 Å². The first-order chi connectivity index (χ1) is 22.7. The lowest BCUT2D eigenvalue weighted by Crippen LogP contribution is -2.48. The van der Waals surface area contributed by atoms with Gasteiger partial charge in [0, 0.05) is 12.0 Å². The lowest BCUT2D eigenvalue weighted by molar-refractivity contribution is -0.275. The van der Waals surface area contributed by atoms with Gasteiger partial charge in [0.2, 0.25) is 0 Å². The van der Waals surface area contributed by atoms with Gasteiger partial charge in [-0.15, -0.1) is 26.3 Å². The summed E-state index contributed by atoms with van der Waals surface area (Å²) in [7, 11) is 0. The fraction of sp³-hybridized carbons (Fsp3) is 0.188. The maximum Gasteiger partial charge on any atom is 0.573 e. The Kier molecular flexibility index (Phi) is 10.3. The number of hydrogen-bond donors (Lipinski definition) is 2. The smallest absolute Gasteiger partial charge is 0.482 e. The van der Waals surface area contributed by atoms with Gasteiger partial charge in [-0.25, -0.2) is 9.18 Å². The van der Waals surface area contributed by atoms with Crippen molar-refractivity contribution in [1.29, 1.82) is 0 Å². The van der Waals surface area contributed by atoms with Gasteiger partial charge in [0.25, 0.3) is 5.91 Å². The molecule has 7 nitrogen and oxygen atoms in total. The minimum absolute atomic E-state index is 0.0446. The molecule has 0 atom stereocenters. The second kappa shape index (κ2) is 13.9. The predicted octanol–water partition coefficient (Wildman–Crippen LogP) is 8.02. The third kappa shape index (κ3) is 9.77. The van der Waals surface area contributed by atoms with Crippen molar-refractivity contribution in [3.05, 3.63) is 125 Å². The minimum Gasteiger partial charge on any atom is -0.482 e. The highest BCUT2D eigenvalue weighted by Gasteiger charge is 2.41. The Morgan fingerprint density at radius 3 is 1.71 bits per heavy atom. The summed E-state index contributed by atoms with van der Waals surface area (Å²) in [5.41, 5.74) is -5.26.